The molecule has 0 unspecified atom stereocenters. The van der Waals surface area contributed by atoms with Crippen molar-refractivity contribution in [3.8, 4) is 0 Å². The van der Waals surface area contributed by atoms with Crippen molar-refractivity contribution in [1.82, 2.24) is 19.8 Å². The number of allylic oxidation sites excluding steroid dienone is 4. The van der Waals surface area contributed by atoms with E-state index in [-0.39, 0.29) is 22.3 Å². The molecule has 44 heavy (non-hydrogen) atoms. The Morgan fingerprint density at radius 3 is 2.55 bits per heavy atom. The molecule has 2 saturated heterocycles. The van der Waals surface area contributed by atoms with Crippen LogP contribution >= 0.6 is 23.2 Å². The van der Waals surface area contributed by atoms with Crippen LogP contribution in [-0.2, 0) is 25.0 Å². The fourth-order valence-corrected chi connectivity index (χ4v) is 7.70. The molecule has 3 aliphatic heterocycles. The van der Waals surface area contributed by atoms with Gasteiger partial charge in [0.05, 0.1) is 12.3 Å². The van der Waals surface area contributed by atoms with Crippen LogP contribution in [0.25, 0.3) is 0 Å². The van der Waals surface area contributed by atoms with E-state index in [1.165, 1.54) is 16.6 Å². The number of rotatable bonds is 10. The van der Waals surface area contributed by atoms with Crippen molar-refractivity contribution in [2.24, 2.45) is 11.3 Å². The van der Waals surface area contributed by atoms with E-state index in [1.807, 2.05) is 6.07 Å². The third-order valence-electron chi connectivity index (χ3n) is 8.55. The molecule has 0 aromatic heterocycles. The number of carbonyl (C=O) groups is 2. The number of piperazine rings is 1. The summed E-state index contributed by atoms with van der Waals surface area (Å²) in [6.07, 6.45) is 6.47. The van der Waals surface area contributed by atoms with Crippen LogP contribution in [0.15, 0.2) is 53.6 Å². The van der Waals surface area contributed by atoms with Crippen LogP contribution in [0.1, 0.15) is 32.8 Å². The highest BCUT2D eigenvalue weighted by atomic mass is 35.5. The number of nitrogens with one attached hydrogen (secondary N) is 3. The molecule has 3 N–H and O–H groups in total. The van der Waals surface area contributed by atoms with Crippen LogP contribution in [0.4, 0.5) is 10.1 Å². The van der Waals surface area contributed by atoms with E-state index in [0.29, 0.717) is 62.0 Å². The van der Waals surface area contributed by atoms with Gasteiger partial charge in [-0.2, -0.15) is 4.31 Å². The van der Waals surface area contributed by atoms with Gasteiger partial charge in [-0.25, -0.2) is 12.8 Å². The number of hydrogen-bond donors (Lipinski definition) is 3. The lowest BCUT2D eigenvalue weighted by Gasteiger charge is -2.37. The molecular formula is C31H42Cl2FN5O4S. The summed E-state index contributed by atoms with van der Waals surface area (Å²) in [5.41, 5.74) is 0.484. The van der Waals surface area contributed by atoms with E-state index in [0.717, 1.165) is 5.56 Å². The number of halogens is 3. The highest BCUT2D eigenvalue weighted by molar-refractivity contribution is 7.88. The lowest BCUT2D eigenvalue weighted by atomic mass is 9.62. The average Bonchev–Trinajstić information content (AvgIpc) is 3.41. The summed E-state index contributed by atoms with van der Waals surface area (Å²) in [6, 6.07) is 4.06. The summed E-state index contributed by atoms with van der Waals surface area (Å²) >= 11 is 12.2. The van der Waals surface area contributed by atoms with Crippen molar-refractivity contribution < 1.29 is 22.4 Å². The van der Waals surface area contributed by atoms with Crippen LogP contribution in [0.5, 0.6) is 0 Å². The quantitative estimate of drug-likeness (QED) is 0.327. The predicted molar refractivity (Wildman–Crippen MR) is 174 cm³/mol. The molecule has 3 aliphatic rings. The molecule has 0 bridgehead atoms. The maximum absolute atomic E-state index is 14.2. The normalized spacial score (nSPS) is 26.8. The molecule has 0 saturated carbocycles. The van der Waals surface area contributed by atoms with Crippen molar-refractivity contribution in [3.05, 3.63) is 64.2 Å². The molecule has 0 radical (unpaired) electrons. The standard InChI is InChI=1S/C31H42Cl2FN5O4S/c1-20(7-6-8-22(33)19-34)26-27(28(40)35-11-12-38-13-15-39(16-14-38)44(5,42)43)37-25(18-30(2,3)4)31(26)23-10-9-21(32)17-24(23)36-29(31)41/h6-10,17,25-27,37H,1,11-16,18-19H2,2-5H3,(H,35,40)(H,36,41)/b7-6-,22-8+/t25-,26+,27-,31+/m1/s1. The predicted octanol–water partition coefficient (Wildman–Crippen LogP) is 3.82. The number of hydrogen-bond acceptors (Lipinski definition) is 6. The lowest BCUT2D eigenvalue weighted by molar-refractivity contribution is -0.124. The molecule has 4 rings (SSSR count). The van der Waals surface area contributed by atoms with E-state index in [4.69, 9.17) is 23.2 Å². The van der Waals surface area contributed by atoms with E-state index >= 15 is 0 Å². The summed E-state index contributed by atoms with van der Waals surface area (Å²) in [5.74, 6) is -1.21. The van der Waals surface area contributed by atoms with Crippen molar-refractivity contribution in [2.45, 2.75) is 44.7 Å². The first kappa shape index (κ1) is 34.6. The molecule has 1 aromatic rings. The Labute approximate surface area is 269 Å². The smallest absolute Gasteiger partial charge is 0.237 e. The maximum Gasteiger partial charge on any atom is 0.237 e. The molecule has 2 fully saturated rings. The number of sulfonamides is 1. The minimum atomic E-state index is -3.23. The highest BCUT2D eigenvalue weighted by Crippen LogP contribution is 2.55. The first-order valence-electron chi connectivity index (χ1n) is 14.7. The van der Waals surface area contributed by atoms with Gasteiger partial charge in [0.2, 0.25) is 21.8 Å². The molecule has 9 nitrogen and oxygen atoms in total. The van der Waals surface area contributed by atoms with Gasteiger partial charge in [0.15, 0.2) is 0 Å². The molecule has 1 aromatic carbocycles. The van der Waals surface area contributed by atoms with Gasteiger partial charge in [-0.05, 0) is 41.2 Å². The number of carbonyl (C=O) groups excluding carboxylic acids is 2. The lowest BCUT2D eigenvalue weighted by Crippen LogP contribution is -2.51. The summed E-state index contributed by atoms with van der Waals surface area (Å²) < 4.78 is 38.1. The number of fused-ring (bicyclic) bond motifs is 2. The first-order chi connectivity index (χ1) is 20.6. The van der Waals surface area contributed by atoms with Gasteiger partial charge in [-0.1, -0.05) is 68.8 Å². The third-order valence-corrected chi connectivity index (χ3v) is 10.3. The van der Waals surface area contributed by atoms with Gasteiger partial charge in [-0.15, -0.1) is 0 Å². The van der Waals surface area contributed by atoms with Crippen molar-refractivity contribution in [1.29, 1.82) is 0 Å². The maximum atomic E-state index is 14.2. The largest absolute Gasteiger partial charge is 0.353 e. The number of anilines is 1. The van der Waals surface area contributed by atoms with E-state index in [2.05, 4.69) is 48.2 Å². The number of alkyl halides is 1. The molecule has 2 amide bonds. The average molecular weight is 671 g/mol. The first-order valence-corrected chi connectivity index (χ1v) is 17.3. The van der Waals surface area contributed by atoms with E-state index in [9.17, 15) is 22.4 Å². The Bertz CT molecular complexity index is 1450. The molecule has 4 atom stereocenters. The Kier molecular flexibility index (Phi) is 10.7. The Morgan fingerprint density at radius 1 is 1.25 bits per heavy atom. The van der Waals surface area contributed by atoms with Crippen molar-refractivity contribution >= 4 is 50.7 Å². The van der Waals surface area contributed by atoms with Gasteiger partial charge >= 0.3 is 0 Å². The molecule has 242 valence electrons. The summed E-state index contributed by atoms with van der Waals surface area (Å²) in [4.78, 5) is 30.2. The van der Waals surface area contributed by atoms with Gasteiger partial charge in [0.1, 0.15) is 12.1 Å². The van der Waals surface area contributed by atoms with Gasteiger partial charge in [-0.3, -0.25) is 14.5 Å². The van der Waals surface area contributed by atoms with Crippen LogP contribution in [0.2, 0.25) is 5.02 Å². The second-order valence-corrected chi connectivity index (χ2v) is 15.8. The number of benzene rings is 1. The van der Waals surface area contributed by atoms with Crippen LogP contribution in [0, 0.1) is 11.3 Å². The molecule has 1 spiro atoms. The Hall–Kier alpha value is -2.28. The van der Waals surface area contributed by atoms with E-state index in [1.54, 1.807) is 24.3 Å². The Morgan fingerprint density at radius 2 is 1.93 bits per heavy atom. The molecule has 3 heterocycles. The minimum Gasteiger partial charge on any atom is -0.353 e. The van der Waals surface area contributed by atoms with Crippen LogP contribution in [-0.4, -0.2) is 93.7 Å². The van der Waals surface area contributed by atoms with Gasteiger partial charge < -0.3 is 16.0 Å². The zero-order valence-corrected chi connectivity index (χ0v) is 28.0. The van der Waals surface area contributed by atoms with Crippen molar-refractivity contribution in [3.63, 3.8) is 0 Å². The highest BCUT2D eigenvalue weighted by Gasteiger charge is 2.65. The minimum absolute atomic E-state index is 0.0178. The van der Waals surface area contributed by atoms with Gasteiger partial charge in [0.25, 0.3) is 0 Å². The zero-order valence-electron chi connectivity index (χ0n) is 25.6. The zero-order chi connectivity index (χ0) is 32.4. The summed E-state index contributed by atoms with van der Waals surface area (Å²) in [6.45, 7) is 12.6. The van der Waals surface area contributed by atoms with E-state index < -0.39 is 40.1 Å². The van der Waals surface area contributed by atoms with Crippen molar-refractivity contribution in [2.75, 3.05) is 57.5 Å². The number of nitrogens with zero attached hydrogens (tertiary/aromatic N) is 2. The molecule has 0 aliphatic carbocycles. The topological polar surface area (TPSA) is 111 Å². The fraction of sp³-hybridized carbons (Fsp3) is 0.548. The SMILES string of the molecule is C=C(/C=C\C=C(\Cl)CF)[C@H]1[C@H](C(=O)NCCN2CCN(S(C)(=O)=O)CC2)N[C@H](CC(C)(C)C)[C@]12C(=O)Nc1cc(Cl)ccc12. The fourth-order valence-electron chi connectivity index (χ4n) is 6.63. The monoisotopic (exact) mass is 669 g/mol. The Balaban J connectivity index is 1.65. The van der Waals surface area contributed by atoms with Gasteiger partial charge in [0, 0.05) is 67.0 Å². The molecule has 13 heteroatoms. The summed E-state index contributed by atoms with van der Waals surface area (Å²) in [7, 11) is -3.23. The second kappa shape index (κ2) is 13.6. The molecular weight excluding hydrogens is 628 g/mol. The third kappa shape index (κ3) is 7.40. The van der Waals surface area contributed by atoms with Crippen LogP contribution < -0.4 is 16.0 Å². The summed E-state index contributed by atoms with van der Waals surface area (Å²) in [5, 5.41) is 10.1. The second-order valence-electron chi connectivity index (χ2n) is 12.9. The van der Waals surface area contributed by atoms with Crippen LogP contribution in [0.3, 0.4) is 0 Å². The number of amides is 2.